The predicted molar refractivity (Wildman–Crippen MR) is 88.3 cm³/mol. The molecule has 0 saturated carbocycles. The van der Waals surface area contributed by atoms with E-state index in [1.165, 1.54) is 0 Å². The molecule has 3 saturated heterocycles. The molecule has 0 aliphatic carbocycles. The van der Waals surface area contributed by atoms with Gasteiger partial charge < -0.3 is 14.8 Å². The molecule has 5 rings (SSSR count). The molecule has 120 valence electrons. The van der Waals surface area contributed by atoms with Crippen molar-refractivity contribution < 1.29 is 12.3 Å². The number of carbonyl (C=O) groups excluding carboxylic acids is 2. The van der Waals surface area contributed by atoms with Gasteiger partial charge in [0, 0.05) is 38.1 Å². The third-order valence-electron chi connectivity index (χ3n) is 4.90. The monoisotopic (exact) mass is 315 g/mol. The summed E-state index contributed by atoms with van der Waals surface area (Å²) >= 11 is 0. The Bertz CT molecular complexity index is 853. The number of ketones is 1. The molecule has 4 heterocycles. The zero-order chi connectivity index (χ0) is 17.8. The van der Waals surface area contributed by atoms with Gasteiger partial charge in [-0.3, -0.25) is 9.59 Å². The van der Waals surface area contributed by atoms with Crippen LogP contribution in [-0.2, 0) is 11.8 Å². The number of aryl methyl sites for hydroxylation is 1. The minimum atomic E-state index is -1.42. The first-order valence-corrected chi connectivity index (χ1v) is 7.99. The second kappa shape index (κ2) is 5.49. The number of hydrogen-bond acceptors (Lipinski definition) is 3. The van der Waals surface area contributed by atoms with Crippen molar-refractivity contribution in [2.75, 3.05) is 19.6 Å². The number of piperidine rings is 3. The number of nitrogens with zero attached hydrogens (tertiary/aromatic N) is 2. The first kappa shape index (κ1) is 12.3. The molecule has 1 N–H and O–H groups in total. The number of Topliss-reactive ketones (excluding diaryl/α,β-unsaturated/α-hetero) is 1. The highest BCUT2D eigenvalue weighted by Crippen LogP contribution is 2.27. The third-order valence-corrected chi connectivity index (χ3v) is 4.90. The Kier molecular flexibility index (Phi) is 2.94. The number of rotatable bonds is 3. The van der Waals surface area contributed by atoms with Crippen molar-refractivity contribution in [3.05, 3.63) is 36.0 Å². The Balaban J connectivity index is 1.61. The van der Waals surface area contributed by atoms with Gasteiger partial charge >= 0.3 is 0 Å². The Hall–Kier alpha value is -2.14. The van der Waals surface area contributed by atoms with Crippen LogP contribution in [0.1, 0.15) is 25.9 Å². The molecule has 2 bridgehead atoms. The summed E-state index contributed by atoms with van der Waals surface area (Å²) in [5.74, 6) is -1.52. The molecule has 0 spiro atoms. The molecule has 3 fully saturated rings. The Morgan fingerprint density at radius 3 is 2.78 bits per heavy atom. The highest BCUT2D eigenvalue weighted by atomic mass is 16.2. The second-order valence-electron chi connectivity index (χ2n) is 6.35. The van der Waals surface area contributed by atoms with Crippen LogP contribution >= 0.6 is 0 Å². The highest BCUT2D eigenvalue weighted by molar-refractivity contribution is 6.45. The summed E-state index contributed by atoms with van der Waals surface area (Å²) in [5.41, 5.74) is 1.21. The fourth-order valence-corrected chi connectivity index (χ4v) is 3.61. The van der Waals surface area contributed by atoms with E-state index in [0.717, 1.165) is 36.8 Å². The van der Waals surface area contributed by atoms with Gasteiger partial charge in [-0.25, -0.2) is 0 Å². The Labute approximate surface area is 138 Å². The topological polar surface area (TPSA) is 54.3 Å². The predicted octanol–water partition coefficient (Wildman–Crippen LogP) is 1.57. The number of aromatic nitrogens is 1. The Morgan fingerprint density at radius 2 is 2.04 bits per heavy atom. The summed E-state index contributed by atoms with van der Waals surface area (Å²) in [7, 11) is 1.83. The lowest BCUT2D eigenvalue weighted by atomic mass is 9.84. The fourth-order valence-electron chi connectivity index (χ4n) is 3.61. The van der Waals surface area contributed by atoms with Crippen molar-refractivity contribution in [2.24, 2.45) is 13.0 Å². The van der Waals surface area contributed by atoms with Gasteiger partial charge in [0.05, 0.1) is 6.93 Å². The normalized spacial score (nSPS) is 34.0. The number of fused-ring (bicyclic) bond motifs is 4. The molecule has 1 aromatic heterocycles. The molecule has 2 aromatic rings. The second-order valence-corrected chi connectivity index (χ2v) is 6.35. The van der Waals surface area contributed by atoms with E-state index < -0.39 is 24.2 Å². The van der Waals surface area contributed by atoms with Gasteiger partial charge in [-0.2, -0.15) is 0 Å². The number of benzene rings is 1. The van der Waals surface area contributed by atoms with E-state index in [-0.39, 0.29) is 5.92 Å². The van der Waals surface area contributed by atoms with Gasteiger partial charge in [0.15, 0.2) is 0 Å². The van der Waals surface area contributed by atoms with Crippen molar-refractivity contribution in [1.82, 2.24) is 14.8 Å². The summed E-state index contributed by atoms with van der Waals surface area (Å²) in [6, 6.07) is 5.99. The van der Waals surface area contributed by atoms with Gasteiger partial charge in [0.2, 0.25) is 0 Å². The maximum atomic E-state index is 12.7. The fraction of sp³-hybridized carbons (Fsp3) is 0.444. The van der Waals surface area contributed by atoms with Gasteiger partial charge in [0.1, 0.15) is 0 Å². The van der Waals surface area contributed by atoms with Crippen molar-refractivity contribution in [1.29, 1.82) is 0 Å². The minimum absolute atomic E-state index is 0.0794. The maximum absolute atomic E-state index is 12.7. The van der Waals surface area contributed by atoms with Crippen LogP contribution in [0.3, 0.4) is 0 Å². The average Bonchev–Trinajstić information content (AvgIpc) is 2.96. The Morgan fingerprint density at radius 1 is 1.30 bits per heavy atom. The molecule has 2 atom stereocenters. The first-order valence-electron chi connectivity index (χ1n) is 9.07. The van der Waals surface area contributed by atoms with Gasteiger partial charge in [-0.05, 0) is 37.9 Å². The molecule has 5 heteroatoms. The van der Waals surface area contributed by atoms with Crippen LogP contribution in [0.5, 0.6) is 0 Å². The summed E-state index contributed by atoms with van der Waals surface area (Å²) in [6.07, 6.45) is 3.21. The van der Waals surface area contributed by atoms with Crippen LogP contribution in [0.2, 0.25) is 0 Å². The SMILES string of the molecule is [3H]C1N2CCC(CC2)[C@]1([3H])NC(=O)C(=O)c1cn(C)c2ccccc12. The summed E-state index contributed by atoms with van der Waals surface area (Å²) < 4.78 is 18.8. The zero-order valence-electron chi connectivity index (χ0n) is 15.1. The molecule has 0 radical (unpaired) electrons. The molecular formula is C18H21N3O2. The van der Waals surface area contributed by atoms with Crippen molar-refractivity contribution in [3.8, 4) is 0 Å². The number of hydrogen-bond donors (Lipinski definition) is 1. The van der Waals surface area contributed by atoms with Crippen LogP contribution in [0.15, 0.2) is 30.5 Å². The minimum Gasteiger partial charge on any atom is -0.350 e. The van der Waals surface area contributed by atoms with Crippen LogP contribution in [-0.4, -0.2) is 46.8 Å². The average molecular weight is 315 g/mol. The quantitative estimate of drug-likeness (QED) is 0.691. The first-order chi connectivity index (χ1) is 11.9. The summed E-state index contributed by atoms with van der Waals surface area (Å²) in [4.78, 5) is 27.2. The molecule has 1 amide bonds. The van der Waals surface area contributed by atoms with Gasteiger partial charge in [0.25, 0.3) is 11.7 Å². The molecule has 1 unspecified atom stereocenters. The van der Waals surface area contributed by atoms with E-state index in [9.17, 15) is 9.59 Å². The molecule has 3 aliphatic heterocycles. The molecule has 1 aromatic carbocycles. The number of nitrogens with one attached hydrogen (secondary N) is 1. The number of amides is 1. The van der Waals surface area contributed by atoms with E-state index in [1.807, 2.05) is 40.8 Å². The largest absolute Gasteiger partial charge is 0.350 e. The van der Waals surface area contributed by atoms with Crippen molar-refractivity contribution in [3.63, 3.8) is 0 Å². The van der Waals surface area contributed by atoms with Gasteiger partial charge in [-0.1, -0.05) is 18.2 Å². The molecule has 5 nitrogen and oxygen atoms in total. The van der Waals surface area contributed by atoms with E-state index in [4.69, 9.17) is 2.74 Å². The van der Waals surface area contributed by atoms with Crippen LogP contribution < -0.4 is 5.32 Å². The zero-order valence-corrected chi connectivity index (χ0v) is 13.1. The molecular weight excluding hydrogens is 290 g/mol. The highest BCUT2D eigenvalue weighted by Gasteiger charge is 2.36. The van der Waals surface area contributed by atoms with Gasteiger partial charge in [-0.15, -0.1) is 0 Å². The lowest BCUT2D eigenvalue weighted by Gasteiger charge is -2.44. The number of para-hydroxylation sites is 1. The van der Waals surface area contributed by atoms with Crippen LogP contribution in [0, 0.1) is 5.92 Å². The smallest absolute Gasteiger partial charge is 0.292 e. The van der Waals surface area contributed by atoms with E-state index in [2.05, 4.69) is 5.32 Å². The third kappa shape index (κ3) is 2.45. The summed E-state index contributed by atoms with van der Waals surface area (Å²) in [5, 5.41) is 3.31. The maximum Gasteiger partial charge on any atom is 0.292 e. The number of carbonyl (C=O) groups is 2. The van der Waals surface area contributed by atoms with Crippen LogP contribution in [0.25, 0.3) is 10.9 Å². The molecule has 23 heavy (non-hydrogen) atoms. The van der Waals surface area contributed by atoms with E-state index >= 15 is 0 Å². The van der Waals surface area contributed by atoms with Crippen molar-refractivity contribution in [2.45, 2.75) is 18.9 Å². The lowest BCUT2D eigenvalue weighted by Crippen LogP contribution is -2.58. The standard InChI is InChI=1S/C18H21N3O2/c1-20-10-14(13-4-2-3-5-16(13)20)17(22)18(23)19-15-11-21-8-6-12(15)7-9-21/h2-5,10,12,15H,6-9,11H2,1H3,(H,19,23)/t15-/m1/s1/i11T,15T/t11?,15-. The summed E-state index contributed by atoms with van der Waals surface area (Å²) in [6.45, 7) is 0.739. The van der Waals surface area contributed by atoms with Crippen molar-refractivity contribution >= 4 is 22.6 Å². The van der Waals surface area contributed by atoms with E-state index in [0.29, 0.717) is 5.56 Å². The molecule has 3 aliphatic rings. The van der Waals surface area contributed by atoms with Crippen LogP contribution in [0.4, 0.5) is 0 Å². The lowest BCUT2D eigenvalue weighted by molar-refractivity contribution is -0.119. The van der Waals surface area contributed by atoms with E-state index in [1.54, 1.807) is 6.20 Å².